The molecule has 1 fully saturated rings. The normalized spacial score (nSPS) is 23.3. The minimum atomic E-state index is 0.708. The van der Waals surface area contributed by atoms with Crippen molar-refractivity contribution >= 4 is 10.9 Å². The van der Waals surface area contributed by atoms with Gasteiger partial charge in [0.15, 0.2) is 0 Å². The number of rotatable bonds is 4. The van der Waals surface area contributed by atoms with Gasteiger partial charge in [-0.3, -0.25) is 0 Å². The van der Waals surface area contributed by atoms with Gasteiger partial charge in [-0.15, -0.1) is 0 Å². The van der Waals surface area contributed by atoms with E-state index in [-0.39, 0.29) is 0 Å². The van der Waals surface area contributed by atoms with Crippen LogP contribution in [0.2, 0.25) is 0 Å². The summed E-state index contributed by atoms with van der Waals surface area (Å²) in [6.07, 6.45) is 8.61. The van der Waals surface area contributed by atoms with Crippen LogP contribution >= 0.6 is 0 Å². The van der Waals surface area contributed by atoms with E-state index in [1.807, 2.05) is 0 Å². The number of aromatic nitrogens is 1. The zero-order chi connectivity index (χ0) is 13.2. The van der Waals surface area contributed by atoms with E-state index in [1.54, 1.807) is 0 Å². The lowest BCUT2D eigenvalue weighted by molar-refractivity contribution is 0.424. The molecule has 102 valence electrons. The third-order valence-corrected chi connectivity index (χ3v) is 4.78. The highest BCUT2D eigenvalue weighted by Crippen LogP contribution is 2.31. The molecule has 0 radical (unpaired) electrons. The van der Waals surface area contributed by atoms with Crippen molar-refractivity contribution < 1.29 is 0 Å². The predicted octanol–water partition coefficient (Wildman–Crippen LogP) is 3.66. The summed E-state index contributed by atoms with van der Waals surface area (Å²) in [7, 11) is 2.10. The average molecular weight is 256 g/mol. The lowest BCUT2D eigenvalue weighted by Crippen LogP contribution is -2.29. The summed E-state index contributed by atoms with van der Waals surface area (Å²) < 4.78 is 0. The number of nitrogens with one attached hydrogen (secondary N) is 2. The lowest BCUT2D eigenvalue weighted by Gasteiger charge is -2.18. The zero-order valence-electron chi connectivity index (χ0n) is 12.0. The van der Waals surface area contributed by atoms with Crippen LogP contribution in [0.1, 0.15) is 37.3 Å². The molecule has 0 aliphatic heterocycles. The quantitative estimate of drug-likeness (QED) is 0.858. The topological polar surface area (TPSA) is 27.8 Å². The monoisotopic (exact) mass is 256 g/mol. The molecule has 2 heteroatoms. The molecule has 1 saturated carbocycles. The number of H-pyrrole nitrogens is 1. The van der Waals surface area contributed by atoms with Gasteiger partial charge in [0.2, 0.25) is 0 Å². The third kappa shape index (κ3) is 2.30. The van der Waals surface area contributed by atoms with E-state index >= 15 is 0 Å². The van der Waals surface area contributed by atoms with Gasteiger partial charge in [0.05, 0.1) is 0 Å². The Balaban J connectivity index is 1.89. The van der Waals surface area contributed by atoms with Crippen molar-refractivity contribution in [3.05, 3.63) is 35.5 Å². The number of aromatic amines is 1. The summed E-state index contributed by atoms with van der Waals surface area (Å²) >= 11 is 0. The highest BCUT2D eigenvalue weighted by Gasteiger charge is 2.26. The second kappa shape index (κ2) is 5.38. The third-order valence-electron chi connectivity index (χ3n) is 4.78. The minimum absolute atomic E-state index is 0.708. The van der Waals surface area contributed by atoms with Crippen LogP contribution in [0.15, 0.2) is 24.4 Å². The Hall–Kier alpha value is -1.28. The van der Waals surface area contributed by atoms with Gasteiger partial charge in [-0.2, -0.15) is 0 Å². The van der Waals surface area contributed by atoms with Crippen molar-refractivity contribution in [2.75, 3.05) is 7.05 Å². The first-order valence-electron chi connectivity index (χ1n) is 7.58. The number of hydrogen-bond donors (Lipinski definition) is 2. The molecule has 0 bridgehead atoms. The number of aryl methyl sites for hydroxylation is 1. The molecule has 2 atom stereocenters. The summed E-state index contributed by atoms with van der Waals surface area (Å²) in [5.74, 6) is 0.800. The second-order valence-electron chi connectivity index (χ2n) is 5.80. The van der Waals surface area contributed by atoms with Crippen LogP contribution in [0.4, 0.5) is 0 Å². The van der Waals surface area contributed by atoms with Crippen molar-refractivity contribution in [1.82, 2.24) is 10.3 Å². The standard InChI is InChI=1S/C17H24N2/c1-3-12-6-4-8-15-14(11-19-17(12)15)10-13-7-5-9-16(13)18-2/h4,6,8,11,13,16,18-19H,3,5,7,9-10H2,1-2H3. The smallest absolute Gasteiger partial charge is 0.0489 e. The number of fused-ring (bicyclic) bond motifs is 1. The Morgan fingerprint density at radius 3 is 2.95 bits per heavy atom. The van der Waals surface area contributed by atoms with E-state index in [4.69, 9.17) is 0 Å². The van der Waals surface area contributed by atoms with Gasteiger partial charge in [-0.25, -0.2) is 0 Å². The minimum Gasteiger partial charge on any atom is -0.361 e. The Kier molecular flexibility index (Phi) is 3.61. The largest absolute Gasteiger partial charge is 0.361 e. The van der Waals surface area contributed by atoms with Gasteiger partial charge in [0.1, 0.15) is 0 Å². The van der Waals surface area contributed by atoms with Crippen molar-refractivity contribution in [3.63, 3.8) is 0 Å². The predicted molar refractivity (Wildman–Crippen MR) is 81.6 cm³/mol. The van der Waals surface area contributed by atoms with Crippen LogP contribution in [0.3, 0.4) is 0 Å². The Morgan fingerprint density at radius 2 is 2.16 bits per heavy atom. The summed E-state index contributed by atoms with van der Waals surface area (Å²) in [4.78, 5) is 3.49. The van der Waals surface area contributed by atoms with Crippen molar-refractivity contribution in [3.8, 4) is 0 Å². The van der Waals surface area contributed by atoms with Crippen molar-refractivity contribution in [2.24, 2.45) is 5.92 Å². The van der Waals surface area contributed by atoms with Gasteiger partial charge in [0, 0.05) is 23.1 Å². The summed E-state index contributed by atoms with van der Waals surface area (Å²) in [5, 5.41) is 4.92. The van der Waals surface area contributed by atoms with Crippen LogP contribution in [0, 0.1) is 5.92 Å². The maximum atomic E-state index is 3.49. The van der Waals surface area contributed by atoms with Gasteiger partial charge in [0.25, 0.3) is 0 Å². The summed E-state index contributed by atoms with van der Waals surface area (Å²) in [5.41, 5.74) is 4.27. The molecule has 0 spiro atoms. The maximum absolute atomic E-state index is 3.49. The van der Waals surface area contributed by atoms with Crippen LogP contribution in [-0.2, 0) is 12.8 Å². The Morgan fingerprint density at radius 1 is 1.26 bits per heavy atom. The zero-order valence-corrected chi connectivity index (χ0v) is 12.0. The fourth-order valence-corrected chi connectivity index (χ4v) is 3.68. The molecule has 3 rings (SSSR count). The fraction of sp³-hybridized carbons (Fsp3) is 0.529. The van der Waals surface area contributed by atoms with E-state index in [2.05, 4.69) is 48.7 Å². The molecular formula is C17H24N2. The first kappa shape index (κ1) is 12.7. The van der Waals surface area contributed by atoms with Crippen LogP contribution in [-0.4, -0.2) is 18.1 Å². The molecule has 0 amide bonds. The molecular weight excluding hydrogens is 232 g/mol. The summed E-state index contributed by atoms with van der Waals surface area (Å²) in [6.45, 7) is 2.23. The molecule has 1 aromatic heterocycles. The van der Waals surface area contributed by atoms with Crippen molar-refractivity contribution in [1.29, 1.82) is 0 Å². The number of hydrogen-bond acceptors (Lipinski definition) is 1. The molecule has 2 aromatic rings. The molecule has 1 aliphatic carbocycles. The molecule has 1 heterocycles. The molecule has 1 aromatic carbocycles. The fourth-order valence-electron chi connectivity index (χ4n) is 3.68. The van der Waals surface area contributed by atoms with E-state index in [0.717, 1.165) is 12.3 Å². The molecule has 0 saturated heterocycles. The molecule has 19 heavy (non-hydrogen) atoms. The Bertz CT molecular complexity index is 555. The number of benzene rings is 1. The van der Waals surface area contributed by atoms with Gasteiger partial charge in [-0.05, 0) is 49.8 Å². The SMILES string of the molecule is CCc1cccc2c(CC3CCCC3NC)c[nH]c12. The van der Waals surface area contributed by atoms with E-state index in [1.165, 1.54) is 47.7 Å². The molecule has 2 unspecified atom stereocenters. The maximum Gasteiger partial charge on any atom is 0.0489 e. The van der Waals surface area contributed by atoms with E-state index in [9.17, 15) is 0 Å². The highest BCUT2D eigenvalue weighted by atomic mass is 14.9. The average Bonchev–Trinajstić information content (AvgIpc) is 3.06. The molecule has 2 N–H and O–H groups in total. The van der Waals surface area contributed by atoms with E-state index in [0.29, 0.717) is 6.04 Å². The van der Waals surface area contributed by atoms with Crippen LogP contribution < -0.4 is 5.32 Å². The first-order chi connectivity index (χ1) is 9.33. The Labute approximate surface area is 115 Å². The van der Waals surface area contributed by atoms with Gasteiger partial charge >= 0.3 is 0 Å². The van der Waals surface area contributed by atoms with E-state index < -0.39 is 0 Å². The highest BCUT2D eigenvalue weighted by molar-refractivity contribution is 5.86. The first-order valence-corrected chi connectivity index (χ1v) is 7.58. The van der Waals surface area contributed by atoms with Gasteiger partial charge in [-0.1, -0.05) is 31.5 Å². The van der Waals surface area contributed by atoms with Crippen LogP contribution in [0.25, 0.3) is 10.9 Å². The second-order valence-corrected chi connectivity index (χ2v) is 5.80. The van der Waals surface area contributed by atoms with Crippen molar-refractivity contribution in [2.45, 2.75) is 45.1 Å². The summed E-state index contributed by atoms with van der Waals surface area (Å²) in [6, 6.07) is 7.40. The molecule has 2 nitrogen and oxygen atoms in total. The molecule has 1 aliphatic rings. The lowest BCUT2D eigenvalue weighted by atomic mass is 9.94. The number of para-hydroxylation sites is 1. The van der Waals surface area contributed by atoms with Gasteiger partial charge < -0.3 is 10.3 Å². The van der Waals surface area contributed by atoms with Crippen LogP contribution in [0.5, 0.6) is 0 Å².